The number of nitrogens with zero attached hydrogens (tertiary/aromatic N) is 4. The summed E-state index contributed by atoms with van der Waals surface area (Å²) in [7, 11) is -8.91. The lowest BCUT2D eigenvalue weighted by atomic mass is 9.98. The van der Waals surface area contributed by atoms with Crippen molar-refractivity contribution >= 4 is 31.1 Å². The molecule has 0 saturated heterocycles. The van der Waals surface area contributed by atoms with Gasteiger partial charge in [-0.05, 0) is 29.5 Å². The first kappa shape index (κ1) is 23.9. The summed E-state index contributed by atoms with van der Waals surface area (Å²) < 4.78 is 53.7. The van der Waals surface area contributed by atoms with Gasteiger partial charge >= 0.3 is 0 Å². The van der Waals surface area contributed by atoms with E-state index in [0.717, 1.165) is 6.07 Å². The van der Waals surface area contributed by atoms with Gasteiger partial charge in [-0.15, -0.1) is 10.2 Å². The summed E-state index contributed by atoms with van der Waals surface area (Å²) in [4.78, 5) is 6.50. The van der Waals surface area contributed by atoms with Crippen LogP contribution in [0.4, 0.5) is 0 Å². The fourth-order valence-electron chi connectivity index (χ4n) is 3.60. The highest BCUT2D eigenvalue weighted by Crippen LogP contribution is 2.40. The summed E-state index contributed by atoms with van der Waals surface area (Å²) in [5.41, 5.74) is 12.9. The minimum absolute atomic E-state index is 0.00596. The molecule has 0 saturated carbocycles. The molecule has 180 valence electrons. The average molecular weight is 507 g/mol. The number of rotatable bonds is 9. The van der Waals surface area contributed by atoms with E-state index in [1.54, 1.807) is 18.2 Å². The summed E-state index contributed by atoms with van der Waals surface area (Å²) in [6, 6.07) is 7.86. The molecular weight excluding hydrogens is 484 g/mol. The van der Waals surface area contributed by atoms with Crippen molar-refractivity contribution in [1.82, 2.24) is 35.3 Å². The second-order valence-corrected chi connectivity index (χ2v) is 10.4. The van der Waals surface area contributed by atoms with Crippen molar-refractivity contribution in [3.63, 3.8) is 0 Å². The van der Waals surface area contributed by atoms with E-state index in [9.17, 15) is 16.8 Å². The number of benzene rings is 2. The lowest BCUT2D eigenvalue weighted by Gasteiger charge is -2.16. The topological polar surface area (TPSA) is 242 Å². The van der Waals surface area contributed by atoms with Crippen LogP contribution in [-0.2, 0) is 26.5 Å². The third-order valence-corrected chi connectivity index (χ3v) is 7.56. The maximum absolute atomic E-state index is 12.9. The van der Waals surface area contributed by atoms with Crippen LogP contribution in [0.1, 0.15) is 5.82 Å². The number of para-hydroxylation sites is 1. The molecule has 14 nitrogen and oxygen atoms in total. The molecule has 0 radical (unpaired) electrons. The molecule has 0 aliphatic rings. The molecule has 0 unspecified atom stereocenters. The minimum Gasteiger partial charge on any atom is -0.342 e. The highest BCUT2D eigenvalue weighted by Gasteiger charge is 2.32. The van der Waals surface area contributed by atoms with E-state index in [4.69, 9.17) is 16.6 Å². The Morgan fingerprint density at radius 2 is 1.79 bits per heavy atom. The Morgan fingerprint density at radius 1 is 1.00 bits per heavy atom. The largest absolute Gasteiger partial charge is 0.342 e. The van der Waals surface area contributed by atoms with Gasteiger partial charge in [0.15, 0.2) is 0 Å². The molecule has 34 heavy (non-hydrogen) atoms. The molecule has 9 N–H and O–H groups in total. The van der Waals surface area contributed by atoms with Gasteiger partial charge in [-0.1, -0.05) is 18.2 Å². The highest BCUT2D eigenvalue weighted by molar-refractivity contribution is 7.92. The standard InChI is InChI=1S/C18H22N10O4S2/c19-7-6-14-23-12-3-1-2-11(16(12)24-14)10-4-5-13(34(31,32)22-9-8-20)17(33(21,29)30)15(10)18-25-27-28-26-18/h1-5,22H,6-9,19-20H2,(H,23,24)(H2,21,29,30)(H,25,26,27,28). The number of H-pyrrole nitrogens is 2. The Morgan fingerprint density at radius 3 is 2.44 bits per heavy atom. The zero-order valence-electron chi connectivity index (χ0n) is 17.7. The fraction of sp³-hybridized carbons (Fsp3) is 0.222. The minimum atomic E-state index is -4.60. The molecular formula is C18H22N10O4S2. The Labute approximate surface area is 194 Å². The van der Waals surface area contributed by atoms with Crippen LogP contribution in [0.25, 0.3) is 33.5 Å². The van der Waals surface area contributed by atoms with E-state index in [2.05, 4.69) is 35.3 Å². The number of imidazole rings is 1. The molecule has 4 rings (SSSR count). The SMILES string of the molecule is NCCNS(=O)(=O)c1ccc(-c2cccc3[nH]c(CCN)nc23)c(-c2nn[nH]n2)c1S(N)(=O)=O. The van der Waals surface area contributed by atoms with Gasteiger partial charge in [0.05, 0.1) is 16.6 Å². The highest BCUT2D eigenvalue weighted by atomic mass is 32.2. The van der Waals surface area contributed by atoms with Crippen LogP contribution in [-0.4, -0.2) is 67.1 Å². The first-order valence-corrected chi connectivity index (χ1v) is 13.0. The number of hydrogen-bond acceptors (Lipinski definition) is 10. The molecule has 0 fully saturated rings. The zero-order chi connectivity index (χ0) is 24.5. The number of aromatic nitrogens is 6. The van der Waals surface area contributed by atoms with Crippen molar-refractivity contribution in [2.24, 2.45) is 16.6 Å². The van der Waals surface area contributed by atoms with Crippen molar-refractivity contribution in [1.29, 1.82) is 0 Å². The molecule has 0 bridgehead atoms. The van der Waals surface area contributed by atoms with E-state index in [1.165, 1.54) is 6.07 Å². The first-order valence-electron chi connectivity index (χ1n) is 9.98. The maximum atomic E-state index is 12.9. The van der Waals surface area contributed by atoms with Gasteiger partial charge in [0.25, 0.3) is 0 Å². The number of hydrogen-bond donors (Lipinski definition) is 6. The zero-order valence-corrected chi connectivity index (χ0v) is 19.3. The van der Waals surface area contributed by atoms with Gasteiger partial charge in [-0.3, -0.25) is 0 Å². The van der Waals surface area contributed by atoms with Crippen LogP contribution in [0.5, 0.6) is 0 Å². The van der Waals surface area contributed by atoms with Crippen LogP contribution in [0.15, 0.2) is 40.1 Å². The van der Waals surface area contributed by atoms with Crippen molar-refractivity contribution in [3.05, 3.63) is 36.2 Å². The Balaban J connectivity index is 2.10. The monoisotopic (exact) mass is 506 g/mol. The predicted octanol–water partition coefficient (Wildman–Crippen LogP) is -1.20. The number of nitrogens with two attached hydrogens (primary N) is 3. The summed E-state index contributed by atoms with van der Waals surface area (Å²) in [6.45, 7) is 0.273. The molecule has 0 aliphatic heterocycles. The van der Waals surface area contributed by atoms with Crippen LogP contribution in [0.2, 0.25) is 0 Å². The van der Waals surface area contributed by atoms with Crippen molar-refractivity contribution in [2.45, 2.75) is 16.2 Å². The molecule has 0 atom stereocenters. The van der Waals surface area contributed by atoms with Gasteiger partial charge in [-0.2, -0.15) is 5.21 Å². The third kappa shape index (κ3) is 4.41. The average Bonchev–Trinajstić information content (AvgIpc) is 3.46. The quantitative estimate of drug-likeness (QED) is 0.158. The lowest BCUT2D eigenvalue weighted by molar-refractivity contribution is 0.574. The van der Waals surface area contributed by atoms with Gasteiger partial charge in [0, 0.05) is 25.1 Å². The van der Waals surface area contributed by atoms with E-state index < -0.39 is 29.8 Å². The second-order valence-electron chi connectivity index (χ2n) is 7.21. The summed E-state index contributed by atoms with van der Waals surface area (Å²) in [5, 5.41) is 19.1. The smallest absolute Gasteiger partial charge is 0.241 e. The van der Waals surface area contributed by atoms with E-state index in [1.807, 2.05) is 0 Å². The molecule has 0 spiro atoms. The number of primary sulfonamides is 1. The Hall–Kier alpha value is -3.28. The number of nitrogens with one attached hydrogen (secondary N) is 3. The summed E-state index contributed by atoms with van der Waals surface area (Å²) in [5.74, 6) is 0.479. The van der Waals surface area contributed by atoms with Gasteiger partial charge < -0.3 is 16.5 Å². The van der Waals surface area contributed by atoms with Crippen molar-refractivity contribution in [3.8, 4) is 22.5 Å². The molecule has 0 aliphatic carbocycles. The van der Waals surface area contributed by atoms with Gasteiger partial charge in [0.2, 0.25) is 25.9 Å². The number of tetrazole rings is 1. The van der Waals surface area contributed by atoms with E-state index in [-0.39, 0.29) is 24.5 Å². The number of sulfonamides is 2. The van der Waals surface area contributed by atoms with Gasteiger partial charge in [0.1, 0.15) is 15.6 Å². The van der Waals surface area contributed by atoms with E-state index >= 15 is 0 Å². The number of fused-ring (bicyclic) bond motifs is 1. The van der Waals surface area contributed by atoms with Crippen LogP contribution in [0.3, 0.4) is 0 Å². The first-order chi connectivity index (χ1) is 16.2. The van der Waals surface area contributed by atoms with Crippen molar-refractivity contribution < 1.29 is 16.8 Å². The molecule has 0 amide bonds. The summed E-state index contributed by atoms with van der Waals surface area (Å²) in [6.07, 6.45) is 0.498. The van der Waals surface area contributed by atoms with E-state index in [0.29, 0.717) is 41.0 Å². The normalized spacial score (nSPS) is 12.4. The molecule has 16 heteroatoms. The summed E-state index contributed by atoms with van der Waals surface area (Å²) >= 11 is 0. The van der Waals surface area contributed by atoms with Crippen LogP contribution in [0, 0.1) is 0 Å². The molecule has 2 aromatic carbocycles. The lowest BCUT2D eigenvalue weighted by Crippen LogP contribution is -2.31. The fourth-order valence-corrected chi connectivity index (χ4v) is 6.25. The molecule has 2 aromatic heterocycles. The third-order valence-electron chi connectivity index (χ3n) is 4.93. The Bertz CT molecular complexity index is 1550. The molecule has 2 heterocycles. The van der Waals surface area contributed by atoms with Crippen LogP contribution >= 0.6 is 0 Å². The molecule has 4 aromatic rings. The Kier molecular flexibility index (Phi) is 6.43. The number of aromatic amines is 2. The maximum Gasteiger partial charge on any atom is 0.241 e. The predicted molar refractivity (Wildman–Crippen MR) is 123 cm³/mol. The second kappa shape index (κ2) is 9.16. The van der Waals surface area contributed by atoms with Gasteiger partial charge in [-0.25, -0.2) is 31.7 Å². The van der Waals surface area contributed by atoms with Crippen molar-refractivity contribution in [2.75, 3.05) is 19.6 Å². The van der Waals surface area contributed by atoms with Crippen LogP contribution < -0.4 is 21.3 Å².